The number of ether oxygens (including phenoxy) is 6. The topological polar surface area (TPSA) is 157 Å². The van der Waals surface area contributed by atoms with Crippen LogP contribution in [-0.2, 0) is 40.8 Å². The molecular weight excluding hydrogens is 614 g/mol. The Balaban J connectivity index is 1.86. The van der Waals surface area contributed by atoms with E-state index < -0.39 is 29.3 Å². The van der Waals surface area contributed by atoms with Gasteiger partial charge < -0.3 is 43.7 Å². The molecule has 1 amide bonds. The standard InChI is InChI=1S/C34H35NO12/c1-40-25-12-10-22(11-13-25)34(31(37)38,35-32(39)46-29-9-6-15-44-29)33(28-14-16-45-47-28,23-7-5-8-24(36)19-23)20-21-17-26(41-2)30(43-4)27(18-21)42-3/h5-7,9-14,17-19,29H,8,15-16,20H2,1-4H3,(H,35,39)(H,37,38). The number of rotatable bonds is 13. The third-order valence-corrected chi connectivity index (χ3v) is 8.17. The number of aliphatic carboxylic acids is 1. The highest BCUT2D eigenvalue weighted by atomic mass is 17.2. The molecule has 2 aromatic carbocycles. The van der Waals surface area contributed by atoms with Crippen LogP contribution >= 0.6 is 0 Å². The highest BCUT2D eigenvalue weighted by Gasteiger charge is 2.65. The maximum Gasteiger partial charge on any atom is 0.410 e. The largest absolute Gasteiger partial charge is 0.497 e. The Morgan fingerprint density at radius 2 is 1.70 bits per heavy atom. The average Bonchev–Trinajstić information content (AvgIpc) is 3.81. The number of allylic oxidation sites excluding steroid dienone is 3. The van der Waals surface area contributed by atoms with Crippen LogP contribution in [-0.4, -0.2) is 70.9 Å². The molecule has 13 nitrogen and oxygen atoms in total. The summed E-state index contributed by atoms with van der Waals surface area (Å²) in [5.41, 5.74) is -3.57. The molecule has 3 atom stereocenters. The number of carboxylic acids is 1. The maximum atomic E-state index is 14.1. The van der Waals surface area contributed by atoms with Gasteiger partial charge in [-0.15, -0.1) is 0 Å². The quantitative estimate of drug-likeness (QED) is 0.236. The van der Waals surface area contributed by atoms with E-state index in [9.17, 15) is 19.5 Å². The minimum absolute atomic E-state index is 0.0207. The van der Waals surface area contributed by atoms with Crippen molar-refractivity contribution in [1.29, 1.82) is 0 Å². The van der Waals surface area contributed by atoms with Crippen LogP contribution in [0.3, 0.4) is 0 Å². The summed E-state index contributed by atoms with van der Waals surface area (Å²) in [5.74, 6) is -0.451. The second-order valence-electron chi connectivity index (χ2n) is 10.7. The van der Waals surface area contributed by atoms with E-state index in [0.29, 0.717) is 28.6 Å². The third kappa shape index (κ3) is 6.14. The Hall–Kier alpha value is -5.27. The fourth-order valence-corrected chi connectivity index (χ4v) is 6.10. The number of methoxy groups -OCH3 is 4. The van der Waals surface area contributed by atoms with E-state index >= 15 is 0 Å². The van der Waals surface area contributed by atoms with E-state index in [-0.39, 0.29) is 48.7 Å². The summed E-state index contributed by atoms with van der Waals surface area (Å²) in [5, 5.41) is 14.2. The van der Waals surface area contributed by atoms with Crippen molar-refractivity contribution in [3.05, 3.63) is 95.3 Å². The first-order valence-corrected chi connectivity index (χ1v) is 14.6. The number of amides is 1. The number of hydrogen-bond acceptors (Lipinski definition) is 11. The van der Waals surface area contributed by atoms with E-state index in [0.717, 1.165) is 0 Å². The second-order valence-corrected chi connectivity index (χ2v) is 10.7. The van der Waals surface area contributed by atoms with Crippen LogP contribution in [0.25, 0.3) is 0 Å². The molecule has 0 saturated carbocycles. The molecule has 2 aliphatic heterocycles. The summed E-state index contributed by atoms with van der Waals surface area (Å²) >= 11 is 0. The Kier molecular flexibility index (Phi) is 9.87. The van der Waals surface area contributed by atoms with Crippen molar-refractivity contribution in [2.75, 3.05) is 41.7 Å². The molecule has 2 aromatic rings. The molecular formula is C34H35NO12. The molecule has 0 bridgehead atoms. The van der Waals surface area contributed by atoms with Gasteiger partial charge in [0.2, 0.25) is 12.0 Å². The number of alkyl carbamates (subject to hydrolysis) is 1. The molecule has 47 heavy (non-hydrogen) atoms. The van der Waals surface area contributed by atoms with Crippen molar-refractivity contribution < 1.29 is 57.7 Å². The predicted molar refractivity (Wildman–Crippen MR) is 165 cm³/mol. The van der Waals surface area contributed by atoms with Gasteiger partial charge >= 0.3 is 12.1 Å². The molecule has 3 unspecified atom stereocenters. The lowest BCUT2D eigenvalue weighted by Gasteiger charge is -2.49. The van der Waals surface area contributed by atoms with Crippen molar-refractivity contribution in [3.8, 4) is 23.0 Å². The highest BCUT2D eigenvalue weighted by molar-refractivity contribution is 5.95. The molecule has 3 aliphatic rings. The number of hydrogen-bond donors (Lipinski definition) is 2. The summed E-state index contributed by atoms with van der Waals surface area (Å²) in [7, 11) is 5.83. The minimum atomic E-state index is -2.44. The molecule has 2 heterocycles. The SMILES string of the molecule is COc1ccc(C(NC(=O)OC2C=CCO2)(C(=O)O)C(Cc2cc(OC)c(OC)c(OC)c2)(C2=CC(=O)CC=C2)C2=CCOO2)cc1. The fourth-order valence-electron chi connectivity index (χ4n) is 6.10. The van der Waals surface area contributed by atoms with Crippen molar-refractivity contribution in [3.63, 3.8) is 0 Å². The Bertz CT molecular complexity index is 1620. The zero-order valence-corrected chi connectivity index (χ0v) is 26.3. The number of carbonyl (C=O) groups excluding carboxylic acids is 2. The summed E-state index contributed by atoms with van der Waals surface area (Å²) in [4.78, 5) is 52.0. The molecule has 248 valence electrons. The van der Waals surface area contributed by atoms with Crippen LogP contribution in [0, 0.1) is 5.41 Å². The molecule has 0 radical (unpaired) electrons. The first kappa shape index (κ1) is 33.1. The van der Waals surface area contributed by atoms with Gasteiger partial charge in [0.15, 0.2) is 28.6 Å². The van der Waals surface area contributed by atoms with Gasteiger partial charge in [-0.1, -0.05) is 30.4 Å². The maximum absolute atomic E-state index is 14.1. The smallest absolute Gasteiger partial charge is 0.410 e. The Morgan fingerprint density at radius 1 is 0.979 bits per heavy atom. The van der Waals surface area contributed by atoms with Crippen LogP contribution in [0.2, 0.25) is 0 Å². The Labute approximate surface area is 270 Å². The number of carbonyl (C=O) groups is 3. The van der Waals surface area contributed by atoms with Gasteiger partial charge in [-0.05, 0) is 65.6 Å². The van der Waals surface area contributed by atoms with E-state index in [2.05, 4.69) is 5.32 Å². The van der Waals surface area contributed by atoms with Crippen LogP contribution in [0.5, 0.6) is 23.0 Å². The first-order valence-electron chi connectivity index (χ1n) is 14.6. The van der Waals surface area contributed by atoms with Crippen LogP contribution in [0.4, 0.5) is 4.79 Å². The zero-order chi connectivity index (χ0) is 33.6. The lowest BCUT2D eigenvalue weighted by Crippen LogP contribution is -2.65. The predicted octanol–water partition coefficient (Wildman–Crippen LogP) is 4.17. The summed E-state index contributed by atoms with van der Waals surface area (Å²) in [6.45, 7) is 0.171. The van der Waals surface area contributed by atoms with Crippen molar-refractivity contribution >= 4 is 17.8 Å². The second kappa shape index (κ2) is 14.0. The molecule has 13 heteroatoms. The van der Waals surface area contributed by atoms with Crippen LogP contribution < -0.4 is 24.3 Å². The lowest BCUT2D eigenvalue weighted by molar-refractivity contribution is -0.248. The van der Waals surface area contributed by atoms with Gasteiger partial charge in [0.25, 0.3) is 0 Å². The molecule has 0 saturated heterocycles. The van der Waals surface area contributed by atoms with Crippen LogP contribution in [0.1, 0.15) is 17.5 Å². The molecule has 1 aliphatic carbocycles. The van der Waals surface area contributed by atoms with Gasteiger partial charge in [0, 0.05) is 6.42 Å². The van der Waals surface area contributed by atoms with E-state index in [1.165, 1.54) is 52.7 Å². The van der Waals surface area contributed by atoms with E-state index in [4.69, 9.17) is 38.2 Å². The molecule has 2 N–H and O–H groups in total. The monoisotopic (exact) mass is 649 g/mol. The number of benzene rings is 2. The highest BCUT2D eigenvalue weighted by Crippen LogP contribution is 2.56. The molecule has 0 aromatic heterocycles. The van der Waals surface area contributed by atoms with Gasteiger partial charge in [-0.2, -0.15) is 4.89 Å². The van der Waals surface area contributed by atoms with Gasteiger partial charge in [-0.25, -0.2) is 9.59 Å². The van der Waals surface area contributed by atoms with Gasteiger partial charge in [0.05, 0.1) is 40.5 Å². The zero-order valence-electron chi connectivity index (χ0n) is 26.3. The number of nitrogens with one attached hydrogen (secondary N) is 1. The van der Waals surface area contributed by atoms with E-state index in [1.54, 1.807) is 48.6 Å². The fraction of sp³-hybridized carbons (Fsp3) is 0.324. The molecule has 5 rings (SSSR count). The van der Waals surface area contributed by atoms with Gasteiger partial charge in [0.1, 0.15) is 12.4 Å². The normalized spacial score (nSPS) is 19.4. The van der Waals surface area contributed by atoms with Crippen LogP contribution in [0.15, 0.2) is 84.2 Å². The minimum Gasteiger partial charge on any atom is -0.497 e. The van der Waals surface area contributed by atoms with Crippen molar-refractivity contribution in [1.82, 2.24) is 5.32 Å². The Morgan fingerprint density at radius 3 is 2.23 bits per heavy atom. The molecule has 0 spiro atoms. The van der Waals surface area contributed by atoms with E-state index in [1.807, 2.05) is 0 Å². The average molecular weight is 650 g/mol. The summed E-state index contributed by atoms with van der Waals surface area (Å²) < 4.78 is 33.0. The van der Waals surface area contributed by atoms with Crippen molar-refractivity contribution in [2.45, 2.75) is 24.7 Å². The summed E-state index contributed by atoms with van der Waals surface area (Å²) in [6.07, 6.45) is 7.07. The number of ketones is 1. The van der Waals surface area contributed by atoms with Crippen molar-refractivity contribution in [2.24, 2.45) is 5.41 Å². The summed E-state index contributed by atoms with van der Waals surface area (Å²) in [6, 6.07) is 9.44. The molecule has 0 fully saturated rings. The first-order chi connectivity index (χ1) is 22.7. The third-order valence-electron chi connectivity index (χ3n) is 8.17. The number of carboxylic acid groups (broad SMARTS) is 1. The lowest BCUT2D eigenvalue weighted by atomic mass is 9.57. The van der Waals surface area contributed by atoms with Gasteiger partial charge in [-0.3, -0.25) is 4.79 Å².